The summed E-state index contributed by atoms with van der Waals surface area (Å²) < 4.78 is 16.8. The molecule has 2 N–H and O–H groups in total. The van der Waals surface area contributed by atoms with Gasteiger partial charge in [-0.3, -0.25) is 4.99 Å². The number of benzene rings is 1. The quantitative estimate of drug-likeness (QED) is 0.346. The summed E-state index contributed by atoms with van der Waals surface area (Å²) in [6.07, 6.45) is 4.27. The molecule has 0 aliphatic carbocycles. The minimum absolute atomic E-state index is 0.373. The number of anilines is 1. The van der Waals surface area contributed by atoms with Gasteiger partial charge in [-0.05, 0) is 50.7 Å². The van der Waals surface area contributed by atoms with Crippen LogP contribution in [0.1, 0.15) is 32.6 Å². The maximum Gasteiger partial charge on any atom is 0.191 e. The Bertz CT molecular complexity index is 649. The van der Waals surface area contributed by atoms with Crippen molar-refractivity contribution in [2.45, 2.75) is 38.6 Å². The Kier molecular flexibility index (Phi) is 9.57. The van der Waals surface area contributed by atoms with Crippen LogP contribution in [0.4, 0.5) is 5.69 Å². The van der Waals surface area contributed by atoms with E-state index < -0.39 is 0 Å². The van der Waals surface area contributed by atoms with Crippen LogP contribution in [-0.2, 0) is 9.47 Å². The van der Waals surface area contributed by atoms with E-state index in [-0.39, 0.29) is 0 Å². The molecule has 0 spiro atoms. The first-order valence-corrected chi connectivity index (χ1v) is 11.4. The molecule has 7 heteroatoms. The second kappa shape index (κ2) is 12.6. The van der Waals surface area contributed by atoms with Crippen LogP contribution in [0.15, 0.2) is 29.3 Å². The number of para-hydroxylation sites is 2. The van der Waals surface area contributed by atoms with Gasteiger partial charge in [-0.25, -0.2) is 0 Å². The highest BCUT2D eigenvalue weighted by atomic mass is 16.5. The van der Waals surface area contributed by atoms with Gasteiger partial charge in [-0.1, -0.05) is 12.1 Å². The largest absolute Gasteiger partial charge is 0.495 e. The van der Waals surface area contributed by atoms with Crippen molar-refractivity contribution in [1.29, 1.82) is 0 Å². The van der Waals surface area contributed by atoms with E-state index in [1.807, 2.05) is 12.1 Å². The fraction of sp³-hybridized carbons (Fsp3) is 0.696. The van der Waals surface area contributed by atoms with Gasteiger partial charge < -0.3 is 29.7 Å². The molecule has 0 radical (unpaired) electrons. The smallest absolute Gasteiger partial charge is 0.191 e. The van der Waals surface area contributed by atoms with Gasteiger partial charge >= 0.3 is 0 Å². The van der Waals surface area contributed by atoms with Crippen LogP contribution in [0.5, 0.6) is 5.75 Å². The van der Waals surface area contributed by atoms with Crippen molar-refractivity contribution < 1.29 is 14.2 Å². The monoisotopic (exact) mass is 418 g/mol. The number of nitrogens with one attached hydrogen (secondary N) is 2. The second-order valence-corrected chi connectivity index (χ2v) is 7.99. The summed E-state index contributed by atoms with van der Waals surface area (Å²) in [5, 5.41) is 6.97. The van der Waals surface area contributed by atoms with Gasteiger partial charge in [-0.2, -0.15) is 0 Å². The van der Waals surface area contributed by atoms with E-state index in [1.165, 1.54) is 0 Å². The van der Waals surface area contributed by atoms with Gasteiger partial charge in [0.25, 0.3) is 0 Å². The molecule has 2 aliphatic heterocycles. The third kappa shape index (κ3) is 7.06. The van der Waals surface area contributed by atoms with Gasteiger partial charge in [-0.15, -0.1) is 0 Å². The summed E-state index contributed by atoms with van der Waals surface area (Å²) in [5.74, 6) is 2.49. The van der Waals surface area contributed by atoms with Crippen LogP contribution in [0.2, 0.25) is 0 Å². The molecule has 0 saturated carbocycles. The van der Waals surface area contributed by atoms with Crippen molar-refractivity contribution in [2.75, 3.05) is 64.6 Å². The first kappa shape index (κ1) is 22.7. The number of ether oxygens (including phenoxy) is 3. The molecule has 30 heavy (non-hydrogen) atoms. The van der Waals surface area contributed by atoms with Gasteiger partial charge in [0, 0.05) is 58.6 Å². The molecule has 0 bridgehead atoms. The Balaban J connectivity index is 1.39. The van der Waals surface area contributed by atoms with Crippen molar-refractivity contribution in [3.05, 3.63) is 24.3 Å². The lowest BCUT2D eigenvalue weighted by atomic mass is 10.0. The Morgan fingerprint density at radius 2 is 2.07 bits per heavy atom. The minimum Gasteiger partial charge on any atom is -0.495 e. The highest BCUT2D eigenvalue weighted by molar-refractivity contribution is 5.80. The molecular formula is C23H38N4O3. The summed E-state index contributed by atoms with van der Waals surface area (Å²) in [4.78, 5) is 7.12. The predicted octanol–water partition coefficient (Wildman–Crippen LogP) is 2.66. The maximum absolute atomic E-state index is 5.85. The lowest BCUT2D eigenvalue weighted by Gasteiger charge is -2.22. The maximum atomic E-state index is 5.85. The lowest BCUT2D eigenvalue weighted by molar-refractivity contribution is 0.0205. The first-order chi connectivity index (χ1) is 14.8. The number of rotatable bonds is 10. The standard InChI is InChI=1S/C23H38N4O3/c1-3-24-23(25-12-6-14-30-18-19-10-15-29-16-11-19)26-20-9-13-27(17-20)21-7-4-5-8-22(21)28-2/h4-5,7-8,19-20H,3,6,9-18H2,1-2H3,(H2,24,25,26). The Labute approximate surface area is 181 Å². The average Bonchev–Trinajstić information content (AvgIpc) is 3.25. The molecule has 1 unspecified atom stereocenters. The summed E-state index contributed by atoms with van der Waals surface area (Å²) in [6.45, 7) is 9.07. The van der Waals surface area contributed by atoms with Crippen LogP contribution in [-0.4, -0.2) is 71.7 Å². The molecule has 2 fully saturated rings. The number of hydrogen-bond donors (Lipinski definition) is 2. The van der Waals surface area contributed by atoms with Crippen molar-refractivity contribution in [2.24, 2.45) is 10.9 Å². The Morgan fingerprint density at radius 1 is 1.23 bits per heavy atom. The molecule has 7 nitrogen and oxygen atoms in total. The van der Waals surface area contributed by atoms with E-state index >= 15 is 0 Å². The topological polar surface area (TPSA) is 67.4 Å². The zero-order chi connectivity index (χ0) is 21.0. The van der Waals surface area contributed by atoms with Gasteiger partial charge in [0.15, 0.2) is 5.96 Å². The summed E-state index contributed by atoms with van der Waals surface area (Å²) in [7, 11) is 1.73. The van der Waals surface area contributed by atoms with E-state index in [0.29, 0.717) is 12.0 Å². The molecule has 2 saturated heterocycles. The molecule has 1 atom stereocenters. The molecule has 2 heterocycles. The second-order valence-electron chi connectivity index (χ2n) is 7.99. The lowest BCUT2D eigenvalue weighted by Crippen LogP contribution is -2.44. The summed E-state index contributed by atoms with van der Waals surface area (Å²) in [5.41, 5.74) is 1.16. The zero-order valence-corrected chi connectivity index (χ0v) is 18.6. The first-order valence-electron chi connectivity index (χ1n) is 11.4. The van der Waals surface area contributed by atoms with E-state index in [1.54, 1.807) is 7.11 Å². The van der Waals surface area contributed by atoms with Crippen LogP contribution in [0.25, 0.3) is 0 Å². The molecule has 1 aromatic carbocycles. The Hall–Kier alpha value is -1.99. The van der Waals surface area contributed by atoms with E-state index in [4.69, 9.17) is 19.2 Å². The molecule has 0 aromatic heterocycles. The molecule has 1 aromatic rings. The fourth-order valence-corrected chi connectivity index (χ4v) is 4.02. The highest BCUT2D eigenvalue weighted by Gasteiger charge is 2.25. The summed E-state index contributed by atoms with van der Waals surface area (Å²) in [6, 6.07) is 8.59. The molecule has 3 rings (SSSR count). The third-order valence-electron chi connectivity index (χ3n) is 5.71. The highest BCUT2D eigenvalue weighted by Crippen LogP contribution is 2.30. The van der Waals surface area contributed by atoms with Gasteiger partial charge in [0.2, 0.25) is 0 Å². The van der Waals surface area contributed by atoms with Crippen molar-refractivity contribution in [3.63, 3.8) is 0 Å². The van der Waals surface area contributed by atoms with Gasteiger partial charge in [0.05, 0.1) is 12.8 Å². The fourth-order valence-electron chi connectivity index (χ4n) is 4.02. The van der Waals surface area contributed by atoms with Crippen LogP contribution >= 0.6 is 0 Å². The molecule has 0 amide bonds. The van der Waals surface area contributed by atoms with Crippen molar-refractivity contribution in [3.8, 4) is 5.75 Å². The normalized spacial score (nSPS) is 20.4. The number of nitrogens with zero attached hydrogens (tertiary/aromatic N) is 2. The van der Waals surface area contributed by atoms with Crippen molar-refractivity contribution in [1.82, 2.24) is 10.6 Å². The van der Waals surface area contributed by atoms with Crippen LogP contribution in [0.3, 0.4) is 0 Å². The van der Waals surface area contributed by atoms with E-state index in [9.17, 15) is 0 Å². The number of aliphatic imine (C=N–C) groups is 1. The van der Waals surface area contributed by atoms with E-state index in [0.717, 1.165) is 95.7 Å². The average molecular weight is 419 g/mol. The number of guanidine groups is 1. The Morgan fingerprint density at radius 3 is 2.87 bits per heavy atom. The summed E-state index contributed by atoms with van der Waals surface area (Å²) >= 11 is 0. The van der Waals surface area contributed by atoms with Crippen LogP contribution < -0.4 is 20.3 Å². The number of methoxy groups -OCH3 is 1. The molecule has 168 valence electrons. The molecular weight excluding hydrogens is 380 g/mol. The van der Waals surface area contributed by atoms with Crippen LogP contribution in [0, 0.1) is 5.92 Å². The van der Waals surface area contributed by atoms with E-state index in [2.05, 4.69) is 34.6 Å². The number of hydrogen-bond acceptors (Lipinski definition) is 5. The minimum atomic E-state index is 0.373. The van der Waals surface area contributed by atoms with Gasteiger partial charge in [0.1, 0.15) is 5.75 Å². The molecule has 2 aliphatic rings. The predicted molar refractivity (Wildman–Crippen MR) is 122 cm³/mol. The zero-order valence-electron chi connectivity index (χ0n) is 18.6. The SMILES string of the molecule is CCNC(=NCCCOCC1CCOCC1)NC1CCN(c2ccccc2OC)C1. The third-order valence-corrected chi connectivity index (χ3v) is 5.71. The van der Waals surface area contributed by atoms with Crippen molar-refractivity contribution >= 4 is 11.6 Å².